The summed E-state index contributed by atoms with van der Waals surface area (Å²) in [6.07, 6.45) is 1.23. The molecule has 0 fully saturated rings. The fourth-order valence-corrected chi connectivity index (χ4v) is 5.21. The molecule has 0 aliphatic carbocycles. The van der Waals surface area contributed by atoms with E-state index in [0.29, 0.717) is 11.8 Å². The summed E-state index contributed by atoms with van der Waals surface area (Å²) in [5.74, 6) is 0. The molecule has 1 aromatic heterocycles. The quantitative estimate of drug-likeness (QED) is 0.277. The third kappa shape index (κ3) is 7.89. The number of para-hydroxylation sites is 1. The summed E-state index contributed by atoms with van der Waals surface area (Å²) in [4.78, 5) is 21.5. The molecular weight excluding hydrogens is 462 g/mol. The van der Waals surface area contributed by atoms with E-state index in [1.54, 1.807) is 20.1 Å². The standard InChI is InChI=1S/C19H24F3NO2Se.C3H6O/c1-3-23-17(24)13-16(26-12-7-5-4-6-11-25-2)14-9-8-10-15(18(14)23)19(20,21)22;1-2-3-4/h8-10,13H,3-7,11-12H2,1-2H3;3H,2H2,1H3. The number of aldehydes is 1. The van der Waals surface area contributed by atoms with Gasteiger partial charge in [-0.1, -0.05) is 6.92 Å². The number of hydrogen-bond donors (Lipinski definition) is 0. The average Bonchev–Trinajstić information content (AvgIpc) is 2.72. The maximum absolute atomic E-state index is 13.4. The van der Waals surface area contributed by atoms with Gasteiger partial charge >= 0.3 is 157 Å². The number of methoxy groups -OCH3 is 1. The Morgan fingerprint density at radius 1 is 1.13 bits per heavy atom. The molecule has 168 valence electrons. The zero-order valence-electron chi connectivity index (χ0n) is 17.8. The number of alkyl halides is 3. The van der Waals surface area contributed by atoms with Crippen LogP contribution in [0.5, 0.6) is 0 Å². The molecule has 0 bridgehead atoms. The number of ether oxygens (including phenoxy) is 1. The van der Waals surface area contributed by atoms with Crippen LogP contribution in [0, 0.1) is 0 Å². The number of pyridine rings is 1. The first-order valence-electron chi connectivity index (χ1n) is 10.1. The van der Waals surface area contributed by atoms with Gasteiger partial charge in [0, 0.05) is 6.42 Å². The fraction of sp³-hybridized carbons (Fsp3) is 0.545. The van der Waals surface area contributed by atoms with Crippen molar-refractivity contribution in [1.29, 1.82) is 0 Å². The summed E-state index contributed by atoms with van der Waals surface area (Å²) >= 11 is -0.0181. The van der Waals surface area contributed by atoms with Crippen molar-refractivity contribution in [3.63, 3.8) is 0 Å². The first-order chi connectivity index (χ1) is 14.3. The van der Waals surface area contributed by atoms with E-state index in [1.807, 2.05) is 6.92 Å². The summed E-state index contributed by atoms with van der Waals surface area (Å²) in [5.41, 5.74) is -1.06. The van der Waals surface area contributed by atoms with E-state index in [4.69, 9.17) is 4.74 Å². The first kappa shape index (κ1) is 26.4. The third-order valence-electron chi connectivity index (χ3n) is 4.38. The maximum atomic E-state index is 13.4. The molecule has 0 unspecified atom stereocenters. The van der Waals surface area contributed by atoms with E-state index in [0.717, 1.165) is 54.4 Å². The fourth-order valence-electron chi connectivity index (χ4n) is 2.96. The molecule has 0 atom stereocenters. The summed E-state index contributed by atoms with van der Waals surface area (Å²) < 4.78 is 47.3. The minimum atomic E-state index is -4.48. The van der Waals surface area contributed by atoms with Crippen molar-refractivity contribution in [1.82, 2.24) is 4.57 Å². The van der Waals surface area contributed by atoms with E-state index >= 15 is 0 Å². The van der Waals surface area contributed by atoms with Gasteiger partial charge in [0.25, 0.3) is 0 Å². The first-order valence-corrected chi connectivity index (χ1v) is 12.2. The molecule has 0 aliphatic heterocycles. The monoisotopic (exact) mass is 493 g/mol. The van der Waals surface area contributed by atoms with Crippen LogP contribution in [-0.2, 0) is 22.3 Å². The van der Waals surface area contributed by atoms with Crippen LogP contribution >= 0.6 is 0 Å². The van der Waals surface area contributed by atoms with Crippen LogP contribution in [0.25, 0.3) is 10.9 Å². The van der Waals surface area contributed by atoms with Gasteiger partial charge in [0.05, 0.1) is 0 Å². The Labute approximate surface area is 182 Å². The van der Waals surface area contributed by atoms with Crippen molar-refractivity contribution in [2.75, 3.05) is 13.7 Å². The molecule has 2 rings (SSSR count). The molecule has 0 radical (unpaired) electrons. The van der Waals surface area contributed by atoms with Crippen LogP contribution in [0.15, 0.2) is 29.1 Å². The zero-order chi connectivity index (χ0) is 22.6. The Bertz CT molecular complexity index is 850. The molecule has 0 aliphatic rings. The predicted octanol–water partition coefficient (Wildman–Crippen LogP) is 4.59. The van der Waals surface area contributed by atoms with E-state index < -0.39 is 11.7 Å². The summed E-state index contributed by atoms with van der Waals surface area (Å²) in [6.45, 7) is 4.48. The normalized spacial score (nSPS) is 11.3. The van der Waals surface area contributed by atoms with Crippen LogP contribution < -0.4 is 10.0 Å². The summed E-state index contributed by atoms with van der Waals surface area (Å²) in [5, 5.41) is 1.47. The van der Waals surface area contributed by atoms with Crippen LogP contribution in [-0.4, -0.2) is 39.5 Å². The molecule has 2 aromatic rings. The van der Waals surface area contributed by atoms with Gasteiger partial charge in [-0.05, 0) is 0 Å². The van der Waals surface area contributed by atoms with Gasteiger partial charge in [-0.3, -0.25) is 0 Å². The number of carbonyl (C=O) groups is 1. The Hall–Kier alpha value is -1.63. The van der Waals surface area contributed by atoms with E-state index in [9.17, 15) is 22.8 Å². The zero-order valence-corrected chi connectivity index (χ0v) is 19.5. The van der Waals surface area contributed by atoms with Gasteiger partial charge in [0.15, 0.2) is 0 Å². The second kappa shape index (κ2) is 13.6. The van der Waals surface area contributed by atoms with Gasteiger partial charge in [0.1, 0.15) is 6.29 Å². The Morgan fingerprint density at radius 3 is 2.37 bits per heavy atom. The third-order valence-corrected chi connectivity index (χ3v) is 6.78. The van der Waals surface area contributed by atoms with Crippen molar-refractivity contribution in [3.05, 3.63) is 40.2 Å². The molecule has 1 heterocycles. The number of halogens is 3. The van der Waals surface area contributed by atoms with Crippen LogP contribution in [0.3, 0.4) is 0 Å². The number of carbonyl (C=O) groups excluding carboxylic acids is 1. The summed E-state index contributed by atoms with van der Waals surface area (Å²) in [6, 6.07) is 5.71. The molecule has 0 saturated carbocycles. The van der Waals surface area contributed by atoms with Crippen molar-refractivity contribution in [3.8, 4) is 0 Å². The minimum absolute atomic E-state index is 0.0181. The van der Waals surface area contributed by atoms with Crippen molar-refractivity contribution in [2.45, 2.75) is 64.0 Å². The predicted molar refractivity (Wildman–Crippen MR) is 116 cm³/mol. The van der Waals surface area contributed by atoms with Gasteiger partial charge in [0.2, 0.25) is 0 Å². The van der Waals surface area contributed by atoms with Gasteiger partial charge in [-0.25, -0.2) is 0 Å². The number of benzene rings is 1. The SMILES string of the molecule is CCC=O.CCn1c(=O)cc([Se]CCCCCCOC)c2cccc(C(F)(F)F)c21. The number of aromatic nitrogens is 1. The van der Waals surface area contributed by atoms with Crippen molar-refractivity contribution < 1.29 is 22.7 Å². The molecular formula is C22H30F3NO3Se. The van der Waals surface area contributed by atoms with E-state index in [1.165, 1.54) is 16.7 Å². The van der Waals surface area contributed by atoms with Crippen molar-refractivity contribution >= 4 is 36.6 Å². The topological polar surface area (TPSA) is 48.3 Å². The molecule has 4 nitrogen and oxygen atoms in total. The van der Waals surface area contributed by atoms with Crippen LogP contribution in [0.4, 0.5) is 13.2 Å². The number of unbranched alkanes of at least 4 members (excludes halogenated alkanes) is 3. The average molecular weight is 492 g/mol. The number of aryl methyl sites for hydroxylation is 1. The Kier molecular flexibility index (Phi) is 12.0. The van der Waals surface area contributed by atoms with Crippen molar-refractivity contribution in [2.24, 2.45) is 0 Å². The second-order valence-electron chi connectivity index (χ2n) is 6.62. The molecule has 0 N–H and O–H groups in total. The molecule has 30 heavy (non-hydrogen) atoms. The number of nitrogens with zero attached hydrogens (tertiary/aromatic N) is 1. The van der Waals surface area contributed by atoms with E-state index in [2.05, 4.69) is 0 Å². The molecule has 0 amide bonds. The van der Waals surface area contributed by atoms with Gasteiger partial charge in [-0.15, -0.1) is 0 Å². The van der Waals surface area contributed by atoms with Gasteiger partial charge < -0.3 is 4.79 Å². The summed E-state index contributed by atoms with van der Waals surface area (Å²) in [7, 11) is 1.68. The second-order valence-corrected chi connectivity index (χ2v) is 9.01. The molecule has 1 aromatic carbocycles. The number of fused-ring (bicyclic) bond motifs is 1. The molecule has 0 saturated heterocycles. The Balaban J connectivity index is 0.00000103. The van der Waals surface area contributed by atoms with Gasteiger partial charge in [-0.2, -0.15) is 0 Å². The number of hydrogen-bond acceptors (Lipinski definition) is 3. The Morgan fingerprint density at radius 2 is 1.80 bits per heavy atom. The van der Waals surface area contributed by atoms with E-state index in [-0.39, 0.29) is 32.6 Å². The number of rotatable bonds is 10. The molecule has 0 spiro atoms. The molecule has 8 heteroatoms. The van der Waals surface area contributed by atoms with Crippen LogP contribution in [0.1, 0.15) is 51.5 Å². The van der Waals surface area contributed by atoms with Crippen LogP contribution in [0.2, 0.25) is 5.32 Å².